The minimum absolute atomic E-state index is 0.0976. The van der Waals surface area contributed by atoms with E-state index in [1.165, 1.54) is 0 Å². The van der Waals surface area contributed by atoms with Crippen LogP contribution in [0.1, 0.15) is 22.3 Å². The molecule has 0 bridgehead atoms. The van der Waals surface area contributed by atoms with E-state index in [-0.39, 0.29) is 17.7 Å². The number of carbonyl (C=O) groups is 2. The highest BCUT2D eigenvalue weighted by molar-refractivity contribution is 6.30. The van der Waals surface area contributed by atoms with Crippen LogP contribution in [0.4, 0.5) is 5.69 Å². The van der Waals surface area contributed by atoms with Crippen molar-refractivity contribution in [3.8, 4) is 17.1 Å². The Labute approximate surface area is 189 Å². The Morgan fingerprint density at radius 1 is 1.09 bits per heavy atom. The van der Waals surface area contributed by atoms with Crippen molar-refractivity contribution in [2.75, 3.05) is 5.32 Å². The number of aliphatic imine (C=N–C) groups is 1. The van der Waals surface area contributed by atoms with Crippen LogP contribution in [0.25, 0.3) is 11.3 Å². The number of rotatable bonds is 4. The highest BCUT2D eigenvalue weighted by atomic mass is 35.5. The molecule has 5 rings (SSSR count). The van der Waals surface area contributed by atoms with Crippen LogP contribution in [0, 0.1) is 5.92 Å². The van der Waals surface area contributed by atoms with Crippen LogP contribution < -0.4 is 5.32 Å². The van der Waals surface area contributed by atoms with Gasteiger partial charge in [-0.05, 0) is 36.2 Å². The third-order valence-electron chi connectivity index (χ3n) is 5.55. The maximum atomic E-state index is 12.7. The number of carbonyl (C=O) groups excluding carboxylic acids is 2. The zero-order valence-corrected chi connectivity index (χ0v) is 17.6. The van der Waals surface area contributed by atoms with Crippen molar-refractivity contribution in [1.82, 2.24) is 4.98 Å². The summed E-state index contributed by atoms with van der Waals surface area (Å²) in [6.45, 7) is 0. The molecule has 6 nitrogen and oxygen atoms in total. The molecule has 1 aromatic heterocycles. The second-order valence-electron chi connectivity index (χ2n) is 7.59. The number of halogens is 1. The highest BCUT2D eigenvalue weighted by Gasteiger charge is 2.35. The first-order chi connectivity index (χ1) is 15.5. The Balaban J connectivity index is 1.38. The summed E-state index contributed by atoms with van der Waals surface area (Å²) in [5.41, 5.74) is 3.76. The predicted molar refractivity (Wildman–Crippen MR) is 124 cm³/mol. The molecule has 0 radical (unpaired) electrons. The molecule has 7 heteroatoms. The molecule has 2 amide bonds. The minimum atomic E-state index is -0.401. The van der Waals surface area contributed by atoms with Gasteiger partial charge in [0.05, 0.1) is 22.5 Å². The van der Waals surface area contributed by atoms with Crippen LogP contribution in [0.3, 0.4) is 0 Å². The number of allylic oxidation sites excluding steroid dienone is 2. The summed E-state index contributed by atoms with van der Waals surface area (Å²) < 4.78 is 0. The molecule has 0 spiro atoms. The average molecular weight is 444 g/mol. The largest absolute Gasteiger partial charge is 0.494 e. The zero-order valence-electron chi connectivity index (χ0n) is 16.8. The maximum Gasteiger partial charge on any atom is 0.280 e. The van der Waals surface area contributed by atoms with Gasteiger partial charge in [0.2, 0.25) is 0 Å². The van der Waals surface area contributed by atoms with Crippen LogP contribution >= 0.6 is 11.6 Å². The predicted octanol–water partition coefficient (Wildman–Crippen LogP) is 5.12. The highest BCUT2D eigenvalue weighted by Crippen LogP contribution is 2.39. The average Bonchev–Trinajstić information content (AvgIpc) is 3.33. The van der Waals surface area contributed by atoms with Crippen LogP contribution in [-0.4, -0.2) is 27.6 Å². The molecular weight excluding hydrogens is 426 g/mol. The first kappa shape index (κ1) is 20.0. The lowest BCUT2D eigenvalue weighted by Gasteiger charge is -2.16. The van der Waals surface area contributed by atoms with E-state index in [0.29, 0.717) is 39.5 Å². The van der Waals surface area contributed by atoms with Crippen LogP contribution in [-0.2, 0) is 4.79 Å². The third-order valence-corrected chi connectivity index (χ3v) is 5.80. The van der Waals surface area contributed by atoms with Crippen molar-refractivity contribution in [2.24, 2.45) is 10.9 Å². The number of aromatic amines is 1. The number of para-hydroxylation sites is 1. The normalized spacial score (nSPS) is 17.0. The van der Waals surface area contributed by atoms with E-state index < -0.39 is 5.91 Å². The zero-order chi connectivity index (χ0) is 22.2. The Morgan fingerprint density at radius 3 is 2.53 bits per heavy atom. The van der Waals surface area contributed by atoms with Crippen LogP contribution in [0.2, 0.25) is 5.02 Å². The van der Waals surface area contributed by atoms with Crippen LogP contribution in [0.15, 0.2) is 83.4 Å². The monoisotopic (exact) mass is 443 g/mol. The number of fused-ring (bicyclic) bond motifs is 1. The molecular formula is C25H18ClN3O3. The summed E-state index contributed by atoms with van der Waals surface area (Å²) >= 11 is 5.96. The Hall–Kier alpha value is -3.90. The quantitative estimate of drug-likeness (QED) is 0.522. The third kappa shape index (κ3) is 3.55. The van der Waals surface area contributed by atoms with E-state index in [2.05, 4.69) is 15.3 Å². The molecule has 3 aromatic rings. The molecule has 0 fully saturated rings. The van der Waals surface area contributed by atoms with Gasteiger partial charge in [0.15, 0.2) is 5.88 Å². The minimum Gasteiger partial charge on any atom is -0.494 e. The molecule has 1 aliphatic carbocycles. The van der Waals surface area contributed by atoms with Gasteiger partial charge in [-0.1, -0.05) is 60.2 Å². The number of hydrogen-bond acceptors (Lipinski definition) is 3. The van der Waals surface area contributed by atoms with Crippen molar-refractivity contribution in [2.45, 2.75) is 6.42 Å². The number of anilines is 1. The van der Waals surface area contributed by atoms with Gasteiger partial charge in [0.25, 0.3) is 11.8 Å². The molecule has 32 heavy (non-hydrogen) atoms. The molecule has 0 saturated heterocycles. The molecule has 2 heterocycles. The lowest BCUT2D eigenvalue weighted by atomic mass is 9.88. The van der Waals surface area contributed by atoms with Gasteiger partial charge in [-0.25, -0.2) is 4.99 Å². The number of hydrogen-bond donors (Lipinski definition) is 3. The van der Waals surface area contributed by atoms with Gasteiger partial charge >= 0.3 is 0 Å². The van der Waals surface area contributed by atoms with E-state index in [0.717, 1.165) is 11.3 Å². The Morgan fingerprint density at radius 2 is 1.84 bits per heavy atom. The SMILES string of the molecule is O=C(Nc1ccccc1)C1=CCC(C2=NC(=O)c3c(-c4ccc(Cl)cc4)[nH]c(O)c32)C=C1. The van der Waals surface area contributed by atoms with E-state index in [9.17, 15) is 14.7 Å². The maximum absolute atomic E-state index is 12.7. The fraction of sp³-hybridized carbons (Fsp3) is 0.0800. The molecule has 2 aliphatic rings. The number of nitrogens with zero attached hydrogens (tertiary/aromatic N) is 1. The lowest BCUT2D eigenvalue weighted by molar-refractivity contribution is -0.112. The number of aromatic nitrogens is 1. The molecule has 2 aromatic carbocycles. The van der Waals surface area contributed by atoms with Crippen molar-refractivity contribution in [1.29, 1.82) is 0 Å². The first-order valence-corrected chi connectivity index (χ1v) is 10.5. The van der Waals surface area contributed by atoms with Gasteiger partial charge in [0, 0.05) is 22.2 Å². The van der Waals surface area contributed by atoms with E-state index in [1.807, 2.05) is 42.5 Å². The van der Waals surface area contributed by atoms with E-state index in [1.54, 1.807) is 30.3 Å². The summed E-state index contributed by atoms with van der Waals surface area (Å²) in [7, 11) is 0. The number of H-pyrrole nitrogens is 1. The number of amides is 2. The molecule has 1 atom stereocenters. The van der Waals surface area contributed by atoms with Gasteiger partial charge in [-0.15, -0.1) is 0 Å². The van der Waals surface area contributed by atoms with Gasteiger partial charge in [-0.2, -0.15) is 0 Å². The number of benzene rings is 2. The summed E-state index contributed by atoms with van der Waals surface area (Å²) in [5, 5.41) is 14.0. The summed E-state index contributed by atoms with van der Waals surface area (Å²) in [4.78, 5) is 32.4. The Kier molecular flexibility index (Phi) is 4.99. The smallest absolute Gasteiger partial charge is 0.280 e. The van der Waals surface area contributed by atoms with Crippen LogP contribution in [0.5, 0.6) is 5.88 Å². The van der Waals surface area contributed by atoms with Crippen molar-refractivity contribution >= 4 is 34.8 Å². The molecule has 1 aliphatic heterocycles. The van der Waals surface area contributed by atoms with E-state index in [4.69, 9.17) is 11.6 Å². The van der Waals surface area contributed by atoms with Crippen molar-refractivity contribution in [3.63, 3.8) is 0 Å². The Bertz CT molecular complexity index is 1320. The number of nitrogens with one attached hydrogen (secondary N) is 2. The lowest BCUT2D eigenvalue weighted by Crippen LogP contribution is -2.18. The summed E-state index contributed by atoms with van der Waals surface area (Å²) in [5.74, 6) is -0.931. The molecule has 158 valence electrons. The van der Waals surface area contributed by atoms with Gasteiger partial charge < -0.3 is 15.4 Å². The molecule has 3 N–H and O–H groups in total. The standard InChI is InChI=1S/C25H18ClN3O3/c26-17-12-10-15(11-13-17)22-20-19(24(31)29-22)21(28-25(20)32)14-6-8-16(9-7-14)23(30)27-18-4-2-1-3-5-18/h1-6,8-14,29,31H,7H2,(H,27,30). The fourth-order valence-corrected chi connectivity index (χ4v) is 4.11. The second-order valence-corrected chi connectivity index (χ2v) is 8.03. The van der Waals surface area contributed by atoms with Gasteiger partial charge in [0.1, 0.15) is 0 Å². The molecule has 0 saturated carbocycles. The van der Waals surface area contributed by atoms with Crippen molar-refractivity contribution < 1.29 is 14.7 Å². The topological polar surface area (TPSA) is 94.5 Å². The van der Waals surface area contributed by atoms with E-state index >= 15 is 0 Å². The first-order valence-electron chi connectivity index (χ1n) is 10.1. The second kappa shape index (κ2) is 7.98. The van der Waals surface area contributed by atoms with Gasteiger partial charge in [-0.3, -0.25) is 9.59 Å². The fourth-order valence-electron chi connectivity index (χ4n) is 3.99. The number of aromatic hydroxyl groups is 1. The molecule has 1 unspecified atom stereocenters. The summed E-state index contributed by atoms with van der Waals surface area (Å²) in [6, 6.07) is 16.2. The van der Waals surface area contributed by atoms with Crippen molar-refractivity contribution in [3.05, 3.63) is 94.5 Å². The summed E-state index contributed by atoms with van der Waals surface area (Å²) in [6.07, 6.45) is 5.87.